The number of hydrogen-bond acceptors (Lipinski definition) is 3. The largest absolute Gasteiger partial charge is 0.349 e. The lowest BCUT2D eigenvalue weighted by molar-refractivity contribution is 0.0923. The lowest BCUT2D eigenvalue weighted by Gasteiger charge is -2.21. The number of aryl methyl sites for hydroxylation is 1. The Morgan fingerprint density at radius 3 is 2.29 bits per heavy atom. The van der Waals surface area contributed by atoms with E-state index in [9.17, 15) is 13.2 Å². The molecule has 4 nitrogen and oxygen atoms in total. The second-order valence-corrected chi connectivity index (χ2v) is 8.15. The van der Waals surface area contributed by atoms with Crippen LogP contribution >= 0.6 is 10.7 Å². The van der Waals surface area contributed by atoms with Gasteiger partial charge in [0, 0.05) is 22.3 Å². The van der Waals surface area contributed by atoms with Crippen molar-refractivity contribution < 1.29 is 13.2 Å². The average molecular weight is 332 g/mol. The molecule has 1 unspecified atom stereocenters. The number of amides is 1. The van der Waals surface area contributed by atoms with Crippen molar-refractivity contribution in [2.75, 3.05) is 0 Å². The van der Waals surface area contributed by atoms with Crippen LogP contribution in [0.1, 0.15) is 48.7 Å². The van der Waals surface area contributed by atoms with Gasteiger partial charge >= 0.3 is 0 Å². The Labute approximate surface area is 131 Å². The first kappa shape index (κ1) is 18.0. The summed E-state index contributed by atoms with van der Waals surface area (Å²) in [7, 11) is 1.53. The summed E-state index contributed by atoms with van der Waals surface area (Å²) in [4.78, 5) is 12.4. The van der Waals surface area contributed by atoms with Crippen LogP contribution < -0.4 is 5.32 Å². The SMILES string of the molecule is CCC(NC(=O)c1cc(S(=O)(=O)Cl)cc(C)c1C)C(C)C. The highest BCUT2D eigenvalue weighted by Gasteiger charge is 2.20. The van der Waals surface area contributed by atoms with Crippen LogP contribution in [0.25, 0.3) is 0 Å². The van der Waals surface area contributed by atoms with Gasteiger partial charge in [-0.25, -0.2) is 8.42 Å². The molecule has 0 radical (unpaired) electrons. The zero-order chi connectivity index (χ0) is 16.4. The highest BCUT2D eigenvalue weighted by atomic mass is 35.7. The van der Waals surface area contributed by atoms with Gasteiger partial charge < -0.3 is 5.32 Å². The van der Waals surface area contributed by atoms with Gasteiger partial charge in [0.2, 0.25) is 0 Å². The van der Waals surface area contributed by atoms with Crippen LogP contribution in [0, 0.1) is 19.8 Å². The lowest BCUT2D eigenvalue weighted by atomic mass is 9.99. The predicted octanol–water partition coefficient (Wildman–Crippen LogP) is 3.40. The Bertz CT molecular complexity index is 639. The zero-order valence-corrected chi connectivity index (χ0v) is 14.6. The Morgan fingerprint density at radius 1 is 1.29 bits per heavy atom. The smallest absolute Gasteiger partial charge is 0.261 e. The van der Waals surface area contributed by atoms with E-state index < -0.39 is 9.05 Å². The van der Waals surface area contributed by atoms with Crippen molar-refractivity contribution in [2.24, 2.45) is 5.92 Å². The molecule has 1 N–H and O–H groups in total. The van der Waals surface area contributed by atoms with E-state index in [0.29, 0.717) is 11.5 Å². The topological polar surface area (TPSA) is 63.2 Å². The number of benzene rings is 1. The molecule has 1 aromatic carbocycles. The molecule has 1 rings (SSSR count). The summed E-state index contributed by atoms with van der Waals surface area (Å²) in [6, 6.07) is 2.87. The molecular weight excluding hydrogens is 310 g/mol. The van der Waals surface area contributed by atoms with Crippen LogP contribution in [0.15, 0.2) is 17.0 Å². The van der Waals surface area contributed by atoms with E-state index in [1.54, 1.807) is 13.8 Å². The minimum Gasteiger partial charge on any atom is -0.349 e. The molecule has 1 aromatic rings. The number of carbonyl (C=O) groups excluding carboxylic acids is 1. The van der Waals surface area contributed by atoms with Crippen molar-refractivity contribution >= 4 is 25.6 Å². The molecule has 0 aliphatic rings. The van der Waals surface area contributed by atoms with Crippen LogP contribution in [-0.2, 0) is 9.05 Å². The van der Waals surface area contributed by atoms with Gasteiger partial charge in [0.25, 0.3) is 15.0 Å². The Hall–Kier alpha value is -1.07. The normalized spacial score (nSPS) is 13.3. The number of rotatable bonds is 5. The number of carbonyl (C=O) groups is 1. The third-order valence-electron chi connectivity index (χ3n) is 3.73. The standard InChI is InChI=1S/C15H22ClNO3S/c1-6-14(9(2)3)17-15(18)13-8-12(21(16,19)20)7-10(4)11(13)5/h7-9,14H,6H2,1-5H3,(H,17,18). The van der Waals surface area contributed by atoms with Crippen LogP contribution in [-0.4, -0.2) is 20.4 Å². The zero-order valence-electron chi connectivity index (χ0n) is 13.0. The molecule has 0 aliphatic heterocycles. The maximum atomic E-state index is 12.4. The van der Waals surface area contributed by atoms with E-state index in [1.807, 2.05) is 20.8 Å². The molecule has 118 valence electrons. The fraction of sp³-hybridized carbons (Fsp3) is 0.533. The minimum atomic E-state index is -3.86. The first-order chi connectivity index (χ1) is 9.57. The second kappa shape index (κ2) is 6.79. The van der Waals surface area contributed by atoms with Crippen molar-refractivity contribution in [3.05, 3.63) is 28.8 Å². The van der Waals surface area contributed by atoms with Gasteiger partial charge in [-0.05, 0) is 49.4 Å². The fourth-order valence-electron chi connectivity index (χ4n) is 2.19. The van der Waals surface area contributed by atoms with E-state index in [4.69, 9.17) is 10.7 Å². The lowest BCUT2D eigenvalue weighted by Crippen LogP contribution is -2.38. The van der Waals surface area contributed by atoms with Gasteiger partial charge in [-0.1, -0.05) is 20.8 Å². The molecule has 1 amide bonds. The van der Waals surface area contributed by atoms with Gasteiger partial charge in [-0.2, -0.15) is 0 Å². The minimum absolute atomic E-state index is 0.0463. The summed E-state index contributed by atoms with van der Waals surface area (Å²) in [5.41, 5.74) is 1.84. The molecule has 6 heteroatoms. The monoisotopic (exact) mass is 331 g/mol. The fourth-order valence-corrected chi connectivity index (χ4v) is 3.03. The number of nitrogens with one attached hydrogen (secondary N) is 1. The molecule has 0 spiro atoms. The van der Waals surface area contributed by atoms with Gasteiger partial charge in [0.05, 0.1) is 4.90 Å². The van der Waals surface area contributed by atoms with E-state index in [-0.39, 0.29) is 16.8 Å². The Morgan fingerprint density at radius 2 is 1.86 bits per heavy atom. The molecule has 0 aromatic heterocycles. The third kappa shape index (κ3) is 4.45. The first-order valence-corrected chi connectivity index (χ1v) is 9.25. The summed E-state index contributed by atoms with van der Waals surface area (Å²) < 4.78 is 23.0. The Kier molecular flexibility index (Phi) is 5.82. The molecule has 0 aliphatic carbocycles. The average Bonchev–Trinajstić information content (AvgIpc) is 2.36. The molecule has 0 bridgehead atoms. The van der Waals surface area contributed by atoms with Crippen LogP contribution in [0.3, 0.4) is 0 Å². The van der Waals surface area contributed by atoms with Crippen molar-refractivity contribution in [3.63, 3.8) is 0 Å². The van der Waals surface area contributed by atoms with Crippen molar-refractivity contribution in [2.45, 2.75) is 52.0 Å². The van der Waals surface area contributed by atoms with Crippen LogP contribution in [0.5, 0.6) is 0 Å². The summed E-state index contributed by atoms with van der Waals surface area (Å²) in [6.07, 6.45) is 0.814. The van der Waals surface area contributed by atoms with Gasteiger partial charge in [0.1, 0.15) is 0 Å². The molecule has 21 heavy (non-hydrogen) atoms. The highest BCUT2D eigenvalue weighted by molar-refractivity contribution is 8.13. The maximum Gasteiger partial charge on any atom is 0.261 e. The van der Waals surface area contributed by atoms with Gasteiger partial charge in [-0.3, -0.25) is 4.79 Å². The molecule has 0 fully saturated rings. The van der Waals surface area contributed by atoms with E-state index in [2.05, 4.69) is 5.32 Å². The number of halogens is 1. The first-order valence-electron chi connectivity index (χ1n) is 6.94. The van der Waals surface area contributed by atoms with E-state index >= 15 is 0 Å². The van der Waals surface area contributed by atoms with Crippen LogP contribution in [0.4, 0.5) is 0 Å². The van der Waals surface area contributed by atoms with E-state index in [0.717, 1.165) is 17.5 Å². The molecule has 0 heterocycles. The molecule has 1 atom stereocenters. The number of hydrogen-bond donors (Lipinski definition) is 1. The predicted molar refractivity (Wildman–Crippen MR) is 85.3 cm³/mol. The second-order valence-electron chi connectivity index (χ2n) is 5.58. The quantitative estimate of drug-likeness (QED) is 0.841. The van der Waals surface area contributed by atoms with Crippen molar-refractivity contribution in [1.82, 2.24) is 5.32 Å². The molecular formula is C15H22ClNO3S. The summed E-state index contributed by atoms with van der Waals surface area (Å²) in [5, 5.41) is 2.95. The van der Waals surface area contributed by atoms with E-state index in [1.165, 1.54) is 12.1 Å². The van der Waals surface area contributed by atoms with Crippen LogP contribution in [0.2, 0.25) is 0 Å². The maximum absolute atomic E-state index is 12.4. The highest BCUT2D eigenvalue weighted by Crippen LogP contribution is 2.23. The third-order valence-corrected chi connectivity index (χ3v) is 5.06. The summed E-state index contributed by atoms with van der Waals surface area (Å²) in [5.74, 6) is 0.0404. The van der Waals surface area contributed by atoms with Gasteiger partial charge in [0.15, 0.2) is 0 Å². The van der Waals surface area contributed by atoms with Crippen molar-refractivity contribution in [1.29, 1.82) is 0 Å². The van der Waals surface area contributed by atoms with Gasteiger partial charge in [-0.15, -0.1) is 0 Å². The summed E-state index contributed by atoms with van der Waals surface area (Å²) >= 11 is 0. The van der Waals surface area contributed by atoms with Crippen molar-refractivity contribution in [3.8, 4) is 0 Å². The summed E-state index contributed by atoms with van der Waals surface area (Å²) in [6.45, 7) is 9.63. The molecule has 0 saturated heterocycles. The Balaban J connectivity index is 3.24. The molecule has 0 saturated carbocycles.